The number of rotatable bonds is 6. The Kier molecular flexibility index (Phi) is 6.10. The minimum absolute atomic E-state index is 0.0628. The van der Waals surface area contributed by atoms with Crippen molar-refractivity contribution in [1.82, 2.24) is 0 Å². The fourth-order valence-corrected chi connectivity index (χ4v) is 2.35. The molecule has 2 aromatic carbocycles. The fraction of sp³-hybridized carbons (Fsp3) is 0.125. The zero-order valence-corrected chi connectivity index (χ0v) is 12.8. The number of amides is 2. The van der Waals surface area contributed by atoms with Gasteiger partial charge >= 0.3 is 0 Å². The molecular formula is C16H14F2N2O2S. The molecule has 2 amide bonds. The Bertz CT molecular complexity index is 693. The van der Waals surface area contributed by atoms with Crippen LogP contribution in [0.4, 0.5) is 20.2 Å². The van der Waals surface area contributed by atoms with E-state index in [1.54, 1.807) is 6.07 Å². The molecule has 0 heterocycles. The van der Waals surface area contributed by atoms with Crippen molar-refractivity contribution < 1.29 is 18.4 Å². The molecule has 7 heteroatoms. The summed E-state index contributed by atoms with van der Waals surface area (Å²) >= 11 is 1.12. The second-order valence-electron chi connectivity index (χ2n) is 4.61. The summed E-state index contributed by atoms with van der Waals surface area (Å²) in [7, 11) is 0. The van der Waals surface area contributed by atoms with Gasteiger partial charge < -0.3 is 10.6 Å². The summed E-state index contributed by atoms with van der Waals surface area (Å²) in [6, 6.07) is 11.0. The van der Waals surface area contributed by atoms with Crippen molar-refractivity contribution in [3.63, 3.8) is 0 Å². The van der Waals surface area contributed by atoms with Crippen LogP contribution in [0.5, 0.6) is 0 Å². The number of hydrogen-bond donors (Lipinski definition) is 2. The maximum atomic E-state index is 13.0. The SMILES string of the molecule is O=C(CSCC(=O)Nc1cccc(F)c1)Nc1ccc(F)cc1. The van der Waals surface area contributed by atoms with Gasteiger partial charge in [0.15, 0.2) is 0 Å². The van der Waals surface area contributed by atoms with E-state index in [1.165, 1.54) is 42.5 Å². The molecule has 2 rings (SSSR count). The topological polar surface area (TPSA) is 58.2 Å². The second-order valence-corrected chi connectivity index (χ2v) is 5.59. The molecule has 0 fully saturated rings. The normalized spacial score (nSPS) is 10.2. The highest BCUT2D eigenvalue weighted by molar-refractivity contribution is 8.00. The third kappa shape index (κ3) is 6.07. The summed E-state index contributed by atoms with van der Waals surface area (Å²) in [5, 5.41) is 5.13. The van der Waals surface area contributed by atoms with Gasteiger partial charge in [0.2, 0.25) is 11.8 Å². The lowest BCUT2D eigenvalue weighted by atomic mass is 10.3. The summed E-state index contributed by atoms with van der Waals surface area (Å²) < 4.78 is 25.7. The summed E-state index contributed by atoms with van der Waals surface area (Å²) in [4.78, 5) is 23.3. The molecule has 2 aromatic rings. The predicted molar refractivity (Wildman–Crippen MR) is 87.4 cm³/mol. The molecule has 0 bridgehead atoms. The lowest BCUT2D eigenvalue weighted by Crippen LogP contribution is -2.18. The van der Waals surface area contributed by atoms with Crippen molar-refractivity contribution in [2.75, 3.05) is 22.1 Å². The number of carbonyl (C=O) groups excluding carboxylic acids is 2. The zero-order valence-electron chi connectivity index (χ0n) is 12.0. The van der Waals surface area contributed by atoms with E-state index in [4.69, 9.17) is 0 Å². The average molecular weight is 336 g/mol. The van der Waals surface area contributed by atoms with Crippen LogP contribution in [0.3, 0.4) is 0 Å². The molecule has 4 nitrogen and oxygen atoms in total. The first-order valence-corrected chi connectivity index (χ1v) is 7.87. The lowest BCUT2D eigenvalue weighted by Gasteiger charge is -2.06. The van der Waals surface area contributed by atoms with E-state index in [9.17, 15) is 18.4 Å². The first kappa shape index (κ1) is 17.0. The molecule has 0 radical (unpaired) electrons. The molecule has 0 unspecified atom stereocenters. The summed E-state index contributed by atoms with van der Waals surface area (Å²) in [6.07, 6.45) is 0. The van der Waals surface area contributed by atoms with Gasteiger partial charge in [-0.05, 0) is 42.5 Å². The van der Waals surface area contributed by atoms with Gasteiger partial charge in [-0.1, -0.05) is 6.07 Å². The van der Waals surface area contributed by atoms with Gasteiger partial charge in [0.1, 0.15) is 11.6 Å². The summed E-state index contributed by atoms with van der Waals surface area (Å²) in [5.41, 5.74) is 0.854. The number of halogens is 2. The van der Waals surface area contributed by atoms with E-state index >= 15 is 0 Å². The Morgan fingerprint density at radius 1 is 0.826 bits per heavy atom. The molecule has 120 valence electrons. The number of anilines is 2. The fourth-order valence-electron chi connectivity index (χ4n) is 1.73. The first-order valence-electron chi connectivity index (χ1n) is 6.71. The minimum Gasteiger partial charge on any atom is -0.325 e. The molecule has 0 aliphatic carbocycles. The second kappa shape index (κ2) is 8.28. The van der Waals surface area contributed by atoms with E-state index in [0.717, 1.165) is 11.8 Å². The molecule has 0 saturated heterocycles. The molecule has 23 heavy (non-hydrogen) atoms. The smallest absolute Gasteiger partial charge is 0.234 e. The molecular weight excluding hydrogens is 322 g/mol. The summed E-state index contributed by atoms with van der Waals surface area (Å²) in [5.74, 6) is -1.29. The molecule has 0 aliphatic rings. The van der Waals surface area contributed by atoms with Crippen molar-refractivity contribution in [3.8, 4) is 0 Å². The third-order valence-electron chi connectivity index (χ3n) is 2.70. The maximum Gasteiger partial charge on any atom is 0.234 e. The highest BCUT2D eigenvalue weighted by Crippen LogP contribution is 2.11. The van der Waals surface area contributed by atoms with Crippen LogP contribution >= 0.6 is 11.8 Å². The standard InChI is InChI=1S/C16H14F2N2O2S/c17-11-4-6-13(7-5-11)19-15(21)9-23-10-16(22)20-14-3-1-2-12(18)8-14/h1-8H,9-10H2,(H,19,21)(H,20,22). The van der Waals surface area contributed by atoms with Crippen LogP contribution in [0.2, 0.25) is 0 Å². The van der Waals surface area contributed by atoms with Crippen molar-refractivity contribution >= 4 is 35.0 Å². The Morgan fingerprint density at radius 3 is 2.04 bits per heavy atom. The number of benzene rings is 2. The Morgan fingerprint density at radius 2 is 1.43 bits per heavy atom. The molecule has 0 aromatic heterocycles. The van der Waals surface area contributed by atoms with Crippen LogP contribution in [-0.2, 0) is 9.59 Å². The zero-order chi connectivity index (χ0) is 16.7. The molecule has 2 N–H and O–H groups in total. The first-order chi connectivity index (χ1) is 11.0. The van der Waals surface area contributed by atoms with Crippen molar-refractivity contribution in [2.24, 2.45) is 0 Å². The number of hydrogen-bond acceptors (Lipinski definition) is 3. The van der Waals surface area contributed by atoms with Crippen LogP contribution in [-0.4, -0.2) is 23.3 Å². The largest absolute Gasteiger partial charge is 0.325 e. The summed E-state index contributed by atoms with van der Waals surface area (Å²) in [6.45, 7) is 0. The quantitative estimate of drug-likeness (QED) is 0.851. The van der Waals surface area contributed by atoms with E-state index in [1.807, 2.05) is 0 Å². The van der Waals surface area contributed by atoms with Gasteiger partial charge in [0.25, 0.3) is 0 Å². The number of thioether (sulfide) groups is 1. The average Bonchev–Trinajstić information content (AvgIpc) is 2.49. The molecule has 0 saturated carbocycles. The molecule has 0 atom stereocenters. The van der Waals surface area contributed by atoms with Crippen LogP contribution in [0.15, 0.2) is 48.5 Å². The van der Waals surface area contributed by atoms with E-state index in [-0.39, 0.29) is 29.1 Å². The van der Waals surface area contributed by atoms with Crippen LogP contribution in [0, 0.1) is 11.6 Å². The van der Waals surface area contributed by atoms with Gasteiger partial charge in [-0.3, -0.25) is 9.59 Å². The third-order valence-corrected chi connectivity index (χ3v) is 3.64. The minimum atomic E-state index is -0.436. The van der Waals surface area contributed by atoms with Gasteiger partial charge in [0.05, 0.1) is 11.5 Å². The van der Waals surface area contributed by atoms with Gasteiger partial charge in [-0.2, -0.15) is 0 Å². The van der Waals surface area contributed by atoms with E-state index in [0.29, 0.717) is 11.4 Å². The highest BCUT2D eigenvalue weighted by atomic mass is 32.2. The van der Waals surface area contributed by atoms with Gasteiger partial charge in [0, 0.05) is 11.4 Å². The Hall–Kier alpha value is -2.41. The molecule has 0 aliphatic heterocycles. The van der Waals surface area contributed by atoms with Crippen molar-refractivity contribution in [2.45, 2.75) is 0 Å². The monoisotopic (exact) mass is 336 g/mol. The van der Waals surface area contributed by atoms with E-state index in [2.05, 4.69) is 10.6 Å². The Balaban J connectivity index is 1.70. The number of carbonyl (C=O) groups is 2. The Labute approximate surface area is 136 Å². The van der Waals surface area contributed by atoms with Crippen LogP contribution in [0.25, 0.3) is 0 Å². The highest BCUT2D eigenvalue weighted by Gasteiger charge is 2.07. The molecule has 0 spiro atoms. The van der Waals surface area contributed by atoms with Crippen molar-refractivity contribution in [3.05, 3.63) is 60.2 Å². The van der Waals surface area contributed by atoms with Crippen molar-refractivity contribution in [1.29, 1.82) is 0 Å². The van der Waals surface area contributed by atoms with Gasteiger partial charge in [-0.15, -0.1) is 11.8 Å². The van der Waals surface area contributed by atoms with Gasteiger partial charge in [-0.25, -0.2) is 8.78 Å². The number of nitrogens with one attached hydrogen (secondary N) is 2. The lowest BCUT2D eigenvalue weighted by molar-refractivity contribution is -0.114. The van der Waals surface area contributed by atoms with Crippen LogP contribution in [0.1, 0.15) is 0 Å². The maximum absolute atomic E-state index is 13.0. The van der Waals surface area contributed by atoms with E-state index < -0.39 is 5.82 Å². The predicted octanol–water partition coefficient (Wildman–Crippen LogP) is 3.28. The van der Waals surface area contributed by atoms with Crippen LogP contribution < -0.4 is 10.6 Å².